The zero-order chi connectivity index (χ0) is 21.3. The minimum absolute atomic E-state index is 0.0486. The molecule has 160 valence electrons. The van der Waals surface area contributed by atoms with Crippen LogP contribution in [-0.2, 0) is 4.79 Å². The van der Waals surface area contributed by atoms with Crippen molar-refractivity contribution in [3.8, 4) is 5.75 Å². The Hall–Kier alpha value is -2.48. The number of aromatic nitrogens is 2. The van der Waals surface area contributed by atoms with Crippen molar-refractivity contribution in [2.45, 2.75) is 37.4 Å². The van der Waals surface area contributed by atoms with E-state index in [1.807, 2.05) is 43.0 Å². The lowest BCUT2D eigenvalue weighted by Crippen LogP contribution is -2.49. The Morgan fingerprint density at radius 2 is 1.97 bits per heavy atom. The van der Waals surface area contributed by atoms with Crippen molar-refractivity contribution in [2.75, 3.05) is 43.9 Å². The number of nitrogens with zero attached hydrogens (tertiary/aromatic N) is 4. The van der Waals surface area contributed by atoms with E-state index in [2.05, 4.69) is 9.88 Å². The average Bonchev–Trinajstić information content (AvgIpc) is 3.17. The van der Waals surface area contributed by atoms with Gasteiger partial charge in [0.25, 0.3) is 5.56 Å². The van der Waals surface area contributed by atoms with Crippen LogP contribution in [-0.4, -0.2) is 59.4 Å². The largest absolute Gasteiger partial charge is 0.495 e. The third-order valence-electron chi connectivity index (χ3n) is 5.77. The van der Waals surface area contributed by atoms with Crippen LogP contribution >= 0.6 is 11.8 Å². The molecule has 4 rings (SSSR count). The molecule has 30 heavy (non-hydrogen) atoms. The Kier molecular flexibility index (Phi) is 6.04. The highest BCUT2D eigenvalue weighted by Crippen LogP contribution is 2.33. The number of fused-ring (bicyclic) bond motifs is 1. The fourth-order valence-corrected chi connectivity index (χ4v) is 5.19. The van der Waals surface area contributed by atoms with Crippen LogP contribution in [0, 0.1) is 0 Å². The number of methoxy groups -OCH3 is 1. The summed E-state index contributed by atoms with van der Waals surface area (Å²) < 4.78 is 7.17. The first-order chi connectivity index (χ1) is 14.5. The van der Waals surface area contributed by atoms with Gasteiger partial charge in [-0.25, -0.2) is 4.98 Å². The Morgan fingerprint density at radius 1 is 1.23 bits per heavy atom. The molecule has 0 radical (unpaired) electrons. The predicted molar refractivity (Wildman–Crippen MR) is 119 cm³/mol. The zero-order valence-corrected chi connectivity index (χ0v) is 18.5. The van der Waals surface area contributed by atoms with Crippen molar-refractivity contribution < 1.29 is 9.53 Å². The highest BCUT2D eigenvalue weighted by Gasteiger charge is 2.31. The molecule has 0 bridgehead atoms. The van der Waals surface area contributed by atoms with Gasteiger partial charge < -0.3 is 14.5 Å². The monoisotopic (exact) mass is 428 g/mol. The molecule has 0 spiro atoms. The van der Waals surface area contributed by atoms with Gasteiger partial charge in [-0.1, -0.05) is 37.7 Å². The third-order valence-corrected chi connectivity index (χ3v) is 6.87. The summed E-state index contributed by atoms with van der Waals surface area (Å²) >= 11 is 1.57. The van der Waals surface area contributed by atoms with Crippen LogP contribution in [0.3, 0.4) is 0 Å². The maximum absolute atomic E-state index is 13.0. The van der Waals surface area contributed by atoms with Gasteiger partial charge >= 0.3 is 0 Å². The number of amides is 1. The molecular formula is C22H28N4O3S. The Balaban J connectivity index is 1.39. The second-order valence-electron chi connectivity index (χ2n) is 8.04. The number of piperazine rings is 1. The van der Waals surface area contributed by atoms with E-state index in [1.54, 1.807) is 29.5 Å². The van der Waals surface area contributed by atoms with E-state index >= 15 is 0 Å². The van der Waals surface area contributed by atoms with E-state index in [4.69, 9.17) is 4.74 Å². The van der Waals surface area contributed by atoms with E-state index in [-0.39, 0.29) is 23.4 Å². The van der Waals surface area contributed by atoms with Crippen molar-refractivity contribution in [2.24, 2.45) is 0 Å². The first-order valence-corrected chi connectivity index (χ1v) is 11.4. The Morgan fingerprint density at radius 3 is 2.67 bits per heavy atom. The molecule has 2 aliphatic heterocycles. The average molecular weight is 429 g/mol. The zero-order valence-electron chi connectivity index (χ0n) is 17.7. The standard InChI is InChI=1S/C22H28N4O3S/c1-15(2)17-13-21(28)26-16(14-30-22(26)23-17)12-20(27)25-10-8-24(9-11-25)18-6-4-5-7-19(18)29-3/h4-7,13,15-16H,8-12,14H2,1-3H3/t16-/m1/s1. The highest BCUT2D eigenvalue weighted by molar-refractivity contribution is 7.99. The molecule has 7 nitrogen and oxygen atoms in total. The Labute approximate surface area is 181 Å². The van der Waals surface area contributed by atoms with Gasteiger partial charge in [0.1, 0.15) is 5.75 Å². The second kappa shape index (κ2) is 8.71. The topological polar surface area (TPSA) is 67.7 Å². The Bertz CT molecular complexity index is 983. The third kappa shape index (κ3) is 4.05. The maximum Gasteiger partial charge on any atom is 0.254 e. The number of carbonyl (C=O) groups excluding carboxylic acids is 1. The predicted octanol–water partition coefficient (Wildman–Crippen LogP) is 2.76. The normalized spacial score (nSPS) is 18.6. The van der Waals surface area contributed by atoms with Crippen molar-refractivity contribution in [3.63, 3.8) is 0 Å². The molecular weight excluding hydrogens is 400 g/mol. The van der Waals surface area contributed by atoms with E-state index in [0.717, 1.165) is 41.1 Å². The summed E-state index contributed by atoms with van der Waals surface area (Å²) in [4.78, 5) is 34.4. The number of benzene rings is 1. The van der Waals surface area contributed by atoms with E-state index in [9.17, 15) is 9.59 Å². The van der Waals surface area contributed by atoms with Crippen LogP contribution < -0.4 is 15.2 Å². The summed E-state index contributed by atoms with van der Waals surface area (Å²) in [6.45, 7) is 6.93. The second-order valence-corrected chi connectivity index (χ2v) is 9.02. The molecule has 0 saturated carbocycles. The smallest absolute Gasteiger partial charge is 0.254 e. The molecule has 2 aromatic rings. The van der Waals surface area contributed by atoms with Crippen molar-refractivity contribution in [3.05, 3.63) is 46.4 Å². The molecule has 0 aliphatic carbocycles. The van der Waals surface area contributed by atoms with Gasteiger partial charge in [0.15, 0.2) is 5.16 Å². The van der Waals surface area contributed by atoms with Gasteiger partial charge in [0, 0.05) is 44.4 Å². The van der Waals surface area contributed by atoms with Gasteiger partial charge in [-0.3, -0.25) is 14.2 Å². The number of carbonyl (C=O) groups is 1. The van der Waals surface area contributed by atoms with E-state index < -0.39 is 0 Å². The molecule has 1 saturated heterocycles. The number of ether oxygens (including phenoxy) is 1. The van der Waals surface area contributed by atoms with Crippen LogP contribution in [0.25, 0.3) is 0 Å². The molecule has 0 N–H and O–H groups in total. The minimum Gasteiger partial charge on any atom is -0.495 e. The molecule has 1 aromatic carbocycles. The summed E-state index contributed by atoms with van der Waals surface area (Å²) in [6.07, 6.45) is 0.345. The lowest BCUT2D eigenvalue weighted by Gasteiger charge is -2.37. The number of thioether (sulfide) groups is 1. The lowest BCUT2D eigenvalue weighted by atomic mass is 10.1. The fraction of sp³-hybridized carbons (Fsp3) is 0.500. The SMILES string of the molecule is COc1ccccc1N1CCN(C(=O)C[C@@H]2CSc3nc(C(C)C)cc(=O)n32)CC1. The molecule has 1 fully saturated rings. The number of para-hydroxylation sites is 2. The summed E-state index contributed by atoms with van der Waals surface area (Å²) in [5, 5.41) is 0.741. The quantitative estimate of drug-likeness (QED) is 0.683. The van der Waals surface area contributed by atoms with Crippen molar-refractivity contribution in [1.82, 2.24) is 14.5 Å². The molecule has 1 atom stereocenters. The molecule has 3 heterocycles. The number of rotatable bonds is 5. The van der Waals surface area contributed by atoms with E-state index in [0.29, 0.717) is 19.5 Å². The maximum atomic E-state index is 13.0. The van der Waals surface area contributed by atoms with Gasteiger partial charge in [-0.05, 0) is 18.1 Å². The van der Waals surface area contributed by atoms with Crippen LogP contribution in [0.1, 0.15) is 37.9 Å². The summed E-state index contributed by atoms with van der Waals surface area (Å²) in [5.74, 6) is 1.89. The first-order valence-electron chi connectivity index (χ1n) is 10.4. The van der Waals surface area contributed by atoms with Crippen LogP contribution in [0.15, 0.2) is 40.3 Å². The molecule has 1 amide bonds. The number of anilines is 1. The summed E-state index contributed by atoms with van der Waals surface area (Å²) in [5.41, 5.74) is 1.83. The fourth-order valence-electron chi connectivity index (χ4n) is 4.03. The summed E-state index contributed by atoms with van der Waals surface area (Å²) in [6, 6.07) is 9.46. The van der Waals surface area contributed by atoms with Gasteiger partial charge in [0.2, 0.25) is 5.91 Å². The van der Waals surface area contributed by atoms with Crippen LogP contribution in [0.4, 0.5) is 5.69 Å². The lowest BCUT2D eigenvalue weighted by molar-refractivity contribution is -0.132. The number of hydrogen-bond acceptors (Lipinski definition) is 6. The van der Waals surface area contributed by atoms with Crippen molar-refractivity contribution in [1.29, 1.82) is 0 Å². The van der Waals surface area contributed by atoms with Gasteiger partial charge in [0.05, 0.1) is 24.5 Å². The molecule has 8 heteroatoms. The highest BCUT2D eigenvalue weighted by atomic mass is 32.2. The van der Waals surface area contributed by atoms with Crippen molar-refractivity contribution >= 4 is 23.4 Å². The molecule has 0 unspecified atom stereocenters. The van der Waals surface area contributed by atoms with Gasteiger partial charge in [-0.2, -0.15) is 0 Å². The molecule has 2 aliphatic rings. The number of hydrogen-bond donors (Lipinski definition) is 0. The summed E-state index contributed by atoms with van der Waals surface area (Å²) in [7, 11) is 1.68. The minimum atomic E-state index is -0.119. The van der Waals surface area contributed by atoms with E-state index in [1.165, 1.54) is 0 Å². The van der Waals surface area contributed by atoms with Gasteiger partial charge in [-0.15, -0.1) is 0 Å². The van der Waals surface area contributed by atoms with Crippen LogP contribution in [0.5, 0.6) is 5.75 Å². The molecule has 1 aromatic heterocycles. The van der Waals surface area contributed by atoms with Crippen LogP contribution in [0.2, 0.25) is 0 Å². The first kappa shape index (κ1) is 20.8.